The first-order valence-electron chi connectivity index (χ1n) is 6.95. The van der Waals surface area contributed by atoms with Gasteiger partial charge in [-0.3, -0.25) is 9.38 Å². The van der Waals surface area contributed by atoms with Gasteiger partial charge in [-0.05, 0) is 36.9 Å². The number of hydrogen-bond donors (Lipinski definition) is 0. The molecule has 2 aromatic heterocycles. The molecule has 2 rings (SSSR count). The Morgan fingerprint density at radius 3 is 2.56 bits per heavy atom. The SMILES string of the molecule is C=N/C(OCC(F)(F)F)=C(F)\C=C(/C)c1cn2c(C(F)(F)Cl)nnc2cn1. The number of nitrogens with zero attached hydrogens (tertiary/aromatic N) is 5. The molecule has 0 N–H and O–H groups in total. The minimum atomic E-state index is -4.70. The third-order valence-electron chi connectivity index (χ3n) is 3.01. The molecule has 0 atom stereocenters. The summed E-state index contributed by atoms with van der Waals surface area (Å²) in [6, 6.07) is 0. The number of aromatic nitrogens is 4. The topological polar surface area (TPSA) is 64.7 Å². The van der Waals surface area contributed by atoms with Crippen LogP contribution in [0.4, 0.5) is 26.3 Å². The minimum absolute atomic E-state index is 0.00106. The number of fused-ring (bicyclic) bond motifs is 1. The summed E-state index contributed by atoms with van der Waals surface area (Å²) in [6.07, 6.45) is -1.78. The van der Waals surface area contributed by atoms with Crippen LogP contribution < -0.4 is 0 Å². The molecule has 2 heterocycles. The van der Waals surface area contributed by atoms with Crippen LogP contribution >= 0.6 is 11.6 Å². The van der Waals surface area contributed by atoms with E-state index in [0.717, 1.165) is 22.9 Å². The molecular formula is C14H10ClF6N5O. The molecule has 0 saturated heterocycles. The van der Waals surface area contributed by atoms with Crippen LogP contribution in [-0.2, 0) is 10.1 Å². The highest BCUT2D eigenvalue weighted by Crippen LogP contribution is 2.31. The molecule has 0 spiro atoms. The van der Waals surface area contributed by atoms with Crippen molar-refractivity contribution in [3.8, 4) is 0 Å². The van der Waals surface area contributed by atoms with Gasteiger partial charge in [0.25, 0.3) is 0 Å². The summed E-state index contributed by atoms with van der Waals surface area (Å²) >= 11 is 4.94. The lowest BCUT2D eigenvalue weighted by Crippen LogP contribution is -2.16. The summed E-state index contributed by atoms with van der Waals surface area (Å²) in [5.41, 5.74) is 0.0161. The predicted molar refractivity (Wildman–Crippen MR) is 83.9 cm³/mol. The Balaban J connectivity index is 2.39. The monoisotopic (exact) mass is 413 g/mol. The molecule has 6 nitrogen and oxygen atoms in total. The second kappa shape index (κ2) is 7.55. The third kappa shape index (κ3) is 5.18. The highest BCUT2D eigenvalue weighted by atomic mass is 35.5. The highest BCUT2D eigenvalue weighted by Gasteiger charge is 2.34. The van der Waals surface area contributed by atoms with Crippen molar-refractivity contribution in [1.29, 1.82) is 0 Å². The van der Waals surface area contributed by atoms with Gasteiger partial charge in [-0.25, -0.2) is 9.38 Å². The van der Waals surface area contributed by atoms with Crippen LogP contribution in [0.25, 0.3) is 11.2 Å². The van der Waals surface area contributed by atoms with Crippen molar-refractivity contribution >= 4 is 29.5 Å². The Morgan fingerprint density at radius 2 is 2.00 bits per heavy atom. The number of alkyl halides is 6. The van der Waals surface area contributed by atoms with E-state index in [1.165, 1.54) is 6.92 Å². The molecule has 0 aromatic carbocycles. The predicted octanol–water partition coefficient (Wildman–Crippen LogP) is 4.23. The van der Waals surface area contributed by atoms with Gasteiger partial charge < -0.3 is 4.74 Å². The van der Waals surface area contributed by atoms with Gasteiger partial charge >= 0.3 is 11.6 Å². The van der Waals surface area contributed by atoms with E-state index in [1.807, 2.05) is 0 Å². The Morgan fingerprint density at radius 1 is 1.33 bits per heavy atom. The van der Waals surface area contributed by atoms with E-state index in [1.54, 1.807) is 0 Å². The van der Waals surface area contributed by atoms with Crippen LogP contribution in [0.15, 0.2) is 35.2 Å². The van der Waals surface area contributed by atoms with E-state index in [0.29, 0.717) is 0 Å². The lowest BCUT2D eigenvalue weighted by atomic mass is 10.2. The molecule has 0 aliphatic rings. The molecule has 0 radical (unpaired) electrons. The molecule has 0 bridgehead atoms. The maximum absolute atomic E-state index is 14.1. The second-order valence-electron chi connectivity index (χ2n) is 5.06. The van der Waals surface area contributed by atoms with Crippen molar-refractivity contribution < 1.29 is 31.1 Å². The zero-order chi connectivity index (χ0) is 20.4. The number of rotatable bonds is 6. The molecule has 13 heteroatoms. The van der Waals surface area contributed by atoms with Gasteiger partial charge in [0.15, 0.2) is 18.1 Å². The first-order valence-corrected chi connectivity index (χ1v) is 7.33. The zero-order valence-corrected chi connectivity index (χ0v) is 14.2. The number of allylic oxidation sites excluding steroid dienone is 3. The zero-order valence-electron chi connectivity index (χ0n) is 13.4. The van der Waals surface area contributed by atoms with Crippen molar-refractivity contribution in [2.45, 2.75) is 18.5 Å². The van der Waals surface area contributed by atoms with Gasteiger partial charge in [0.1, 0.15) is 0 Å². The van der Waals surface area contributed by atoms with E-state index in [9.17, 15) is 26.3 Å². The lowest BCUT2D eigenvalue weighted by Gasteiger charge is -2.09. The summed E-state index contributed by atoms with van der Waals surface area (Å²) < 4.78 is 82.2. The highest BCUT2D eigenvalue weighted by molar-refractivity contribution is 6.21. The largest absolute Gasteiger partial charge is 0.466 e. The second-order valence-corrected chi connectivity index (χ2v) is 5.54. The number of halogens is 7. The average Bonchev–Trinajstić information content (AvgIpc) is 2.97. The van der Waals surface area contributed by atoms with Gasteiger partial charge in [-0.1, -0.05) is 0 Å². The molecule has 0 unspecified atom stereocenters. The van der Waals surface area contributed by atoms with Gasteiger partial charge in [-0.15, -0.1) is 10.2 Å². The van der Waals surface area contributed by atoms with Gasteiger partial charge in [0.2, 0.25) is 11.7 Å². The molecule has 27 heavy (non-hydrogen) atoms. The molecule has 146 valence electrons. The molecule has 0 saturated carbocycles. The van der Waals surface area contributed by atoms with Crippen LogP contribution in [0.1, 0.15) is 18.4 Å². The smallest absolute Gasteiger partial charge is 0.422 e. The van der Waals surface area contributed by atoms with Crippen LogP contribution in [0.2, 0.25) is 0 Å². The van der Waals surface area contributed by atoms with Crippen molar-refractivity contribution in [1.82, 2.24) is 19.6 Å². The lowest BCUT2D eigenvalue weighted by molar-refractivity contribution is -0.165. The molecule has 0 aliphatic carbocycles. The third-order valence-corrected chi connectivity index (χ3v) is 3.18. The number of hydrogen-bond acceptors (Lipinski definition) is 5. The van der Waals surface area contributed by atoms with Crippen LogP contribution in [0.5, 0.6) is 0 Å². The molecule has 0 aliphatic heterocycles. The molecule has 0 fully saturated rings. The average molecular weight is 414 g/mol. The Bertz CT molecular complexity index is 915. The van der Waals surface area contributed by atoms with Crippen LogP contribution in [-0.4, -0.2) is 39.1 Å². The van der Waals surface area contributed by atoms with Crippen molar-refractivity contribution in [3.05, 3.63) is 41.7 Å². The van der Waals surface area contributed by atoms with Crippen LogP contribution in [0, 0.1) is 0 Å². The summed E-state index contributed by atoms with van der Waals surface area (Å²) in [6.45, 7) is 2.50. The minimum Gasteiger partial charge on any atom is -0.466 e. The molecular weight excluding hydrogens is 404 g/mol. The molecule has 0 amide bonds. The van der Waals surface area contributed by atoms with Gasteiger partial charge in [0.05, 0.1) is 11.9 Å². The summed E-state index contributed by atoms with van der Waals surface area (Å²) in [5, 5.41) is 2.91. The van der Waals surface area contributed by atoms with Crippen molar-refractivity contribution in [2.24, 2.45) is 4.99 Å². The van der Waals surface area contributed by atoms with E-state index < -0.39 is 35.7 Å². The number of ether oxygens (including phenoxy) is 1. The van der Waals surface area contributed by atoms with E-state index in [-0.39, 0.29) is 16.9 Å². The fourth-order valence-corrected chi connectivity index (χ4v) is 1.99. The molecule has 2 aromatic rings. The summed E-state index contributed by atoms with van der Waals surface area (Å²) in [7, 11) is 0. The standard InChI is InChI=1S/C14H10ClF6N5O/c1-7(3-8(16)11(22-2)27-6-13(17,18)19)9-5-26-10(4-23-9)24-25-12(26)14(15,20)21/h3-5H,2,6H2,1H3/b7-3+,11-8-. The van der Waals surface area contributed by atoms with Gasteiger partial charge in [0, 0.05) is 6.20 Å². The fourth-order valence-electron chi connectivity index (χ4n) is 1.86. The van der Waals surface area contributed by atoms with E-state index in [2.05, 4.69) is 31.6 Å². The Hall–Kier alpha value is -2.63. The Labute approximate surface area is 152 Å². The van der Waals surface area contributed by atoms with Crippen molar-refractivity contribution in [2.75, 3.05) is 6.61 Å². The first kappa shape index (κ1) is 20.7. The van der Waals surface area contributed by atoms with Crippen molar-refractivity contribution in [3.63, 3.8) is 0 Å². The quantitative estimate of drug-likeness (QED) is 0.234. The normalized spacial score (nSPS) is 14.3. The van der Waals surface area contributed by atoms with E-state index >= 15 is 0 Å². The Kier molecular flexibility index (Phi) is 5.78. The first-order chi connectivity index (χ1) is 12.4. The van der Waals surface area contributed by atoms with Gasteiger partial charge in [-0.2, -0.15) is 22.0 Å². The fraction of sp³-hybridized carbons (Fsp3) is 0.286. The maximum atomic E-state index is 14.1. The number of aliphatic imine (C=N–C) groups is 1. The van der Waals surface area contributed by atoms with Crippen LogP contribution in [0.3, 0.4) is 0 Å². The maximum Gasteiger partial charge on any atom is 0.422 e. The summed E-state index contributed by atoms with van der Waals surface area (Å²) in [4.78, 5) is 6.94. The van der Waals surface area contributed by atoms with E-state index in [4.69, 9.17) is 11.6 Å². The summed E-state index contributed by atoms with van der Waals surface area (Å²) in [5.74, 6) is -3.13.